The summed E-state index contributed by atoms with van der Waals surface area (Å²) in [6.45, 7) is 4.50. The summed E-state index contributed by atoms with van der Waals surface area (Å²) in [5, 5.41) is 11.5. The van der Waals surface area contributed by atoms with Gasteiger partial charge in [-0.25, -0.2) is 8.42 Å². The molecule has 1 aliphatic rings. The number of anilines is 1. The summed E-state index contributed by atoms with van der Waals surface area (Å²) in [5.41, 5.74) is 0.363. The molecule has 1 aromatic carbocycles. The highest BCUT2D eigenvalue weighted by Gasteiger charge is 2.35. The molecule has 1 saturated heterocycles. The van der Waals surface area contributed by atoms with E-state index in [-0.39, 0.29) is 16.1 Å². The number of rotatable bonds is 8. The van der Waals surface area contributed by atoms with Crippen molar-refractivity contribution < 1.29 is 13.3 Å². The van der Waals surface area contributed by atoms with Crippen LogP contribution in [-0.4, -0.2) is 62.0 Å². The Morgan fingerprint density at radius 2 is 2.00 bits per heavy atom. The number of nitro benzene ring substituents is 1. The number of terminal acetylenes is 1. The van der Waals surface area contributed by atoms with Crippen LogP contribution < -0.4 is 4.90 Å². The molecule has 1 aromatic rings. The Hall–Kier alpha value is -1.63. The molecule has 9 heteroatoms. The topological polar surface area (TPSA) is 83.8 Å². The van der Waals surface area contributed by atoms with Crippen LogP contribution in [0.4, 0.5) is 11.4 Å². The van der Waals surface area contributed by atoms with Gasteiger partial charge in [-0.2, -0.15) is 0 Å². The van der Waals surface area contributed by atoms with Gasteiger partial charge >= 0.3 is 0 Å². The normalized spacial score (nSPS) is 15.9. The number of alkyl halides is 1. The minimum atomic E-state index is -3.77. The van der Waals surface area contributed by atoms with Gasteiger partial charge in [0.1, 0.15) is 0 Å². The molecule has 1 fully saturated rings. The second-order valence-electron chi connectivity index (χ2n) is 6.97. The number of hydrogen-bond donors (Lipinski definition) is 0. The number of non-ortho nitro benzene ring substituents is 1. The number of hydrogen-bond acceptors (Lipinski definition) is 6. The average Bonchev–Trinajstić information content (AvgIpc) is 2.67. The predicted octanol–water partition coefficient (Wildman–Crippen LogP) is 3.06. The molecule has 0 atom stereocenters. The van der Waals surface area contributed by atoms with Crippen LogP contribution in [0.3, 0.4) is 0 Å². The highest BCUT2D eigenvalue weighted by atomic mass is 79.9. The zero-order valence-corrected chi connectivity index (χ0v) is 18.6. The van der Waals surface area contributed by atoms with Crippen molar-refractivity contribution in [3.05, 3.63) is 27.8 Å². The Bertz CT molecular complexity index is 853. The maximum Gasteiger partial charge on any atom is 0.272 e. The third kappa shape index (κ3) is 4.85. The van der Waals surface area contributed by atoms with Crippen LogP contribution >= 0.6 is 15.9 Å². The van der Waals surface area contributed by atoms with Crippen LogP contribution in [0.2, 0.25) is 0 Å². The molecule has 7 nitrogen and oxygen atoms in total. The summed E-state index contributed by atoms with van der Waals surface area (Å²) in [6.07, 6.45) is 7.44. The van der Waals surface area contributed by atoms with E-state index in [2.05, 4.69) is 26.8 Å². The van der Waals surface area contributed by atoms with Gasteiger partial charge in [-0.05, 0) is 39.4 Å². The summed E-state index contributed by atoms with van der Waals surface area (Å²) in [7, 11) is -1.81. The second-order valence-corrected chi connectivity index (χ2v) is 9.95. The summed E-state index contributed by atoms with van der Waals surface area (Å²) < 4.78 is 27.0. The van der Waals surface area contributed by atoms with E-state index in [9.17, 15) is 18.5 Å². The van der Waals surface area contributed by atoms with E-state index in [0.717, 1.165) is 6.42 Å². The number of piperidine rings is 1. The minimum absolute atomic E-state index is 0.0152. The Labute approximate surface area is 175 Å². The molecule has 2 rings (SSSR count). The smallest absolute Gasteiger partial charge is 0.272 e. The number of halogens is 1. The third-order valence-electron chi connectivity index (χ3n) is 5.00. The molecule has 28 heavy (non-hydrogen) atoms. The van der Waals surface area contributed by atoms with Gasteiger partial charge in [0, 0.05) is 30.6 Å². The summed E-state index contributed by atoms with van der Waals surface area (Å²) in [6, 6.07) is 2.47. The Kier molecular flexibility index (Phi) is 7.87. The van der Waals surface area contributed by atoms with E-state index in [1.807, 2.05) is 18.9 Å². The molecule has 0 spiro atoms. The van der Waals surface area contributed by atoms with Crippen LogP contribution in [-0.2, 0) is 9.84 Å². The highest BCUT2D eigenvalue weighted by molar-refractivity contribution is 9.09. The lowest BCUT2D eigenvalue weighted by Crippen LogP contribution is -2.38. The van der Waals surface area contributed by atoms with Gasteiger partial charge in [-0.1, -0.05) is 28.8 Å². The molecule has 0 saturated carbocycles. The SMILES string of the molecule is C#Cc1cc([N+](=O)[O-])cc(S(=O)(=O)C2CCN(C)CC2)c1N(CCC)CCBr. The largest absolute Gasteiger partial charge is 0.369 e. The first kappa shape index (κ1) is 22.7. The molecular weight excluding hydrogens is 446 g/mol. The average molecular weight is 472 g/mol. The number of benzene rings is 1. The van der Waals surface area contributed by atoms with Gasteiger partial charge in [-0.15, -0.1) is 6.42 Å². The number of nitro groups is 1. The third-order valence-corrected chi connectivity index (χ3v) is 7.63. The van der Waals surface area contributed by atoms with Gasteiger partial charge in [0.05, 0.1) is 26.3 Å². The minimum Gasteiger partial charge on any atom is -0.369 e. The lowest BCUT2D eigenvalue weighted by Gasteiger charge is -2.31. The quantitative estimate of drug-likeness (QED) is 0.250. The standard InChI is InChI=1S/C19H26BrN3O4S/c1-4-9-22(12-8-20)19-15(5-2)13-16(23(24)25)14-18(19)28(26,27)17-6-10-21(3)11-7-17/h2,13-14,17H,4,6-12H2,1,3H3. The van der Waals surface area contributed by atoms with Crippen molar-refractivity contribution >= 4 is 37.1 Å². The molecule has 0 bridgehead atoms. The zero-order valence-electron chi connectivity index (χ0n) is 16.2. The van der Waals surface area contributed by atoms with Gasteiger partial charge in [0.15, 0.2) is 9.84 Å². The first-order valence-corrected chi connectivity index (χ1v) is 11.9. The number of nitrogens with zero attached hydrogens (tertiary/aromatic N) is 3. The molecule has 1 aliphatic heterocycles. The molecule has 0 unspecified atom stereocenters. The van der Waals surface area contributed by atoms with E-state index >= 15 is 0 Å². The summed E-state index contributed by atoms with van der Waals surface area (Å²) in [4.78, 5) is 14.8. The monoisotopic (exact) mass is 471 g/mol. The van der Waals surface area contributed by atoms with Crippen molar-refractivity contribution in [1.29, 1.82) is 0 Å². The first-order chi connectivity index (χ1) is 13.3. The van der Waals surface area contributed by atoms with Crippen molar-refractivity contribution in [3.8, 4) is 12.3 Å². The molecule has 0 aliphatic carbocycles. The Balaban J connectivity index is 2.69. The van der Waals surface area contributed by atoms with Crippen LogP contribution in [0.15, 0.2) is 17.0 Å². The predicted molar refractivity (Wildman–Crippen MR) is 115 cm³/mol. The Morgan fingerprint density at radius 3 is 2.50 bits per heavy atom. The van der Waals surface area contributed by atoms with Gasteiger partial charge in [0.2, 0.25) is 0 Å². The van der Waals surface area contributed by atoms with Crippen molar-refractivity contribution in [2.24, 2.45) is 0 Å². The van der Waals surface area contributed by atoms with Gasteiger partial charge in [-0.3, -0.25) is 10.1 Å². The van der Waals surface area contributed by atoms with Crippen LogP contribution in [0.25, 0.3) is 0 Å². The van der Waals surface area contributed by atoms with E-state index < -0.39 is 20.0 Å². The Morgan fingerprint density at radius 1 is 1.36 bits per heavy atom. The maximum absolute atomic E-state index is 13.5. The van der Waals surface area contributed by atoms with Crippen molar-refractivity contribution in [1.82, 2.24) is 4.90 Å². The highest BCUT2D eigenvalue weighted by Crippen LogP contribution is 2.37. The van der Waals surface area contributed by atoms with Crippen molar-refractivity contribution in [2.45, 2.75) is 36.3 Å². The lowest BCUT2D eigenvalue weighted by molar-refractivity contribution is -0.385. The summed E-state index contributed by atoms with van der Waals surface area (Å²) >= 11 is 3.40. The van der Waals surface area contributed by atoms with Crippen LogP contribution in [0, 0.1) is 22.5 Å². The van der Waals surface area contributed by atoms with E-state index in [1.54, 1.807) is 0 Å². The second kappa shape index (κ2) is 9.72. The van der Waals surface area contributed by atoms with Gasteiger partial charge in [0.25, 0.3) is 5.69 Å². The molecule has 0 radical (unpaired) electrons. The zero-order chi connectivity index (χ0) is 20.9. The number of likely N-dealkylation sites (tertiary alicyclic amines) is 1. The van der Waals surface area contributed by atoms with E-state index in [4.69, 9.17) is 6.42 Å². The fourth-order valence-electron chi connectivity index (χ4n) is 3.53. The fraction of sp³-hybridized carbons (Fsp3) is 0.579. The molecular formula is C19H26BrN3O4S. The van der Waals surface area contributed by atoms with E-state index in [0.29, 0.717) is 50.0 Å². The lowest BCUT2D eigenvalue weighted by atomic mass is 10.1. The molecule has 154 valence electrons. The van der Waals surface area contributed by atoms with Crippen molar-refractivity contribution in [2.75, 3.05) is 43.5 Å². The van der Waals surface area contributed by atoms with Crippen LogP contribution in [0.5, 0.6) is 0 Å². The molecule has 0 amide bonds. The van der Waals surface area contributed by atoms with E-state index in [1.165, 1.54) is 12.1 Å². The summed E-state index contributed by atoms with van der Waals surface area (Å²) in [5.74, 6) is 2.48. The maximum atomic E-state index is 13.5. The molecule has 1 heterocycles. The number of sulfone groups is 1. The fourth-order valence-corrected chi connectivity index (χ4v) is 5.95. The van der Waals surface area contributed by atoms with Crippen molar-refractivity contribution in [3.63, 3.8) is 0 Å². The molecule has 0 N–H and O–H groups in total. The van der Waals surface area contributed by atoms with Gasteiger partial charge < -0.3 is 9.80 Å². The van der Waals surface area contributed by atoms with Crippen LogP contribution in [0.1, 0.15) is 31.7 Å². The first-order valence-electron chi connectivity index (χ1n) is 9.28. The molecule has 0 aromatic heterocycles.